The number of benzene rings is 1. The molecule has 2 aromatic rings. The number of aromatic amines is 1. The zero-order valence-electron chi connectivity index (χ0n) is 10.4. The number of aromatic nitrogens is 2. The van der Waals surface area contributed by atoms with Gasteiger partial charge in [0.2, 0.25) is 0 Å². The maximum atomic E-state index is 13.0. The van der Waals surface area contributed by atoms with E-state index in [-0.39, 0.29) is 5.82 Å². The Balaban J connectivity index is 1.80. The van der Waals surface area contributed by atoms with Gasteiger partial charge in [-0.1, -0.05) is 11.6 Å². The average molecular weight is 280 g/mol. The molecule has 1 saturated heterocycles. The van der Waals surface area contributed by atoms with Gasteiger partial charge < -0.3 is 10.3 Å². The Labute approximate surface area is 116 Å². The van der Waals surface area contributed by atoms with Crippen LogP contribution in [0, 0.1) is 5.82 Å². The molecule has 0 amide bonds. The molecule has 2 N–H and O–H groups in total. The van der Waals surface area contributed by atoms with Crippen molar-refractivity contribution in [2.45, 2.75) is 25.3 Å². The Morgan fingerprint density at radius 3 is 3.05 bits per heavy atom. The van der Waals surface area contributed by atoms with Crippen LogP contribution in [-0.2, 0) is 6.42 Å². The van der Waals surface area contributed by atoms with Gasteiger partial charge in [0.25, 0.3) is 0 Å². The molecule has 19 heavy (non-hydrogen) atoms. The van der Waals surface area contributed by atoms with Gasteiger partial charge in [-0.2, -0.15) is 0 Å². The molecule has 2 heterocycles. The summed E-state index contributed by atoms with van der Waals surface area (Å²) in [5, 5.41) is 3.83. The van der Waals surface area contributed by atoms with Crippen LogP contribution in [0.4, 0.5) is 4.39 Å². The maximum Gasteiger partial charge on any atom is 0.124 e. The number of nitrogens with one attached hydrogen (secondary N) is 2. The third-order valence-electron chi connectivity index (χ3n) is 3.45. The van der Waals surface area contributed by atoms with Crippen molar-refractivity contribution in [2.24, 2.45) is 0 Å². The SMILES string of the molecule is Fc1ccc(-c2cnc(CC3CCCN3)[nH]2)c(Cl)c1. The second-order valence-electron chi connectivity index (χ2n) is 4.87. The summed E-state index contributed by atoms with van der Waals surface area (Å²) in [7, 11) is 0. The van der Waals surface area contributed by atoms with Crippen LogP contribution in [0.15, 0.2) is 24.4 Å². The summed E-state index contributed by atoms with van der Waals surface area (Å²) in [6, 6.07) is 4.89. The molecule has 1 aliphatic rings. The van der Waals surface area contributed by atoms with Gasteiger partial charge in [0.15, 0.2) is 0 Å². The second-order valence-corrected chi connectivity index (χ2v) is 5.27. The van der Waals surface area contributed by atoms with Crippen LogP contribution in [0.2, 0.25) is 5.02 Å². The van der Waals surface area contributed by atoms with Crippen molar-refractivity contribution in [1.82, 2.24) is 15.3 Å². The van der Waals surface area contributed by atoms with Crippen LogP contribution in [0.3, 0.4) is 0 Å². The van der Waals surface area contributed by atoms with Crippen LogP contribution in [0.25, 0.3) is 11.3 Å². The highest BCUT2D eigenvalue weighted by Gasteiger charge is 2.16. The number of H-pyrrole nitrogens is 1. The lowest BCUT2D eigenvalue weighted by Crippen LogP contribution is -2.24. The molecular weight excluding hydrogens is 265 g/mol. The molecule has 100 valence electrons. The van der Waals surface area contributed by atoms with Gasteiger partial charge in [-0.25, -0.2) is 9.37 Å². The van der Waals surface area contributed by atoms with E-state index in [2.05, 4.69) is 15.3 Å². The van der Waals surface area contributed by atoms with Crippen LogP contribution >= 0.6 is 11.6 Å². The zero-order valence-corrected chi connectivity index (χ0v) is 11.2. The second kappa shape index (κ2) is 5.31. The molecule has 0 saturated carbocycles. The van der Waals surface area contributed by atoms with E-state index in [4.69, 9.17) is 11.6 Å². The Morgan fingerprint density at radius 1 is 1.42 bits per heavy atom. The highest BCUT2D eigenvalue weighted by Crippen LogP contribution is 2.27. The largest absolute Gasteiger partial charge is 0.342 e. The Kier molecular flexibility index (Phi) is 3.53. The lowest BCUT2D eigenvalue weighted by molar-refractivity contribution is 0.589. The monoisotopic (exact) mass is 279 g/mol. The molecule has 1 aliphatic heterocycles. The Hall–Kier alpha value is -1.39. The highest BCUT2D eigenvalue weighted by atomic mass is 35.5. The van der Waals surface area contributed by atoms with Crippen molar-refractivity contribution in [3.63, 3.8) is 0 Å². The van der Waals surface area contributed by atoms with E-state index in [1.54, 1.807) is 12.3 Å². The van der Waals surface area contributed by atoms with E-state index < -0.39 is 0 Å². The normalized spacial score (nSPS) is 18.9. The summed E-state index contributed by atoms with van der Waals surface area (Å²) in [5.41, 5.74) is 1.61. The number of imidazole rings is 1. The van der Waals surface area contributed by atoms with Gasteiger partial charge in [0.05, 0.1) is 16.9 Å². The van der Waals surface area contributed by atoms with Gasteiger partial charge in [-0.05, 0) is 37.6 Å². The van der Waals surface area contributed by atoms with Gasteiger partial charge >= 0.3 is 0 Å². The minimum Gasteiger partial charge on any atom is -0.342 e. The molecule has 3 nitrogen and oxygen atoms in total. The molecule has 0 bridgehead atoms. The van der Waals surface area contributed by atoms with Gasteiger partial charge in [-0.15, -0.1) is 0 Å². The average Bonchev–Trinajstić information content (AvgIpc) is 3.01. The molecule has 0 aliphatic carbocycles. The fraction of sp³-hybridized carbons (Fsp3) is 0.357. The molecule has 1 atom stereocenters. The fourth-order valence-electron chi connectivity index (χ4n) is 2.48. The van der Waals surface area contributed by atoms with Crippen LogP contribution in [0.5, 0.6) is 0 Å². The van der Waals surface area contributed by atoms with Gasteiger partial charge in [0.1, 0.15) is 11.6 Å². The van der Waals surface area contributed by atoms with Crippen LogP contribution < -0.4 is 5.32 Å². The van der Waals surface area contributed by atoms with Crippen LogP contribution in [-0.4, -0.2) is 22.6 Å². The van der Waals surface area contributed by atoms with Gasteiger partial charge in [0, 0.05) is 18.0 Å². The predicted octanol–water partition coefficient (Wildman–Crippen LogP) is 3.16. The Bertz CT molecular complexity index is 576. The predicted molar refractivity (Wildman–Crippen MR) is 73.7 cm³/mol. The number of hydrogen-bond acceptors (Lipinski definition) is 2. The van der Waals surface area contributed by atoms with Crippen LogP contribution in [0.1, 0.15) is 18.7 Å². The molecule has 1 unspecified atom stereocenters. The standard InChI is InChI=1S/C14H15ClFN3/c15-12-6-9(16)3-4-11(12)13-8-18-14(19-13)7-10-2-1-5-17-10/h3-4,6,8,10,17H,1-2,5,7H2,(H,18,19). The topological polar surface area (TPSA) is 40.7 Å². The summed E-state index contributed by atoms with van der Waals surface area (Å²) in [6.45, 7) is 1.09. The summed E-state index contributed by atoms with van der Waals surface area (Å²) in [5.74, 6) is 0.610. The molecule has 5 heteroatoms. The van der Waals surface area contributed by atoms with E-state index in [0.717, 1.165) is 30.0 Å². The number of nitrogens with zero attached hydrogens (tertiary/aromatic N) is 1. The number of hydrogen-bond donors (Lipinski definition) is 2. The van der Waals surface area contributed by atoms with E-state index in [0.29, 0.717) is 11.1 Å². The molecule has 0 spiro atoms. The van der Waals surface area contributed by atoms with Gasteiger partial charge in [-0.3, -0.25) is 0 Å². The zero-order chi connectivity index (χ0) is 13.2. The van der Waals surface area contributed by atoms with Crippen molar-refractivity contribution in [3.8, 4) is 11.3 Å². The number of rotatable bonds is 3. The molecule has 0 radical (unpaired) electrons. The molecular formula is C14H15ClFN3. The molecule has 1 fully saturated rings. The minimum atomic E-state index is -0.330. The lowest BCUT2D eigenvalue weighted by atomic mass is 10.1. The van der Waals surface area contributed by atoms with Crippen molar-refractivity contribution < 1.29 is 4.39 Å². The molecule has 1 aromatic heterocycles. The maximum absolute atomic E-state index is 13.0. The quantitative estimate of drug-likeness (QED) is 0.906. The van der Waals surface area contributed by atoms with E-state index >= 15 is 0 Å². The van der Waals surface area contributed by atoms with E-state index in [1.165, 1.54) is 25.0 Å². The fourth-order valence-corrected chi connectivity index (χ4v) is 2.74. The smallest absolute Gasteiger partial charge is 0.124 e. The molecule has 3 rings (SSSR count). The van der Waals surface area contributed by atoms with Crippen molar-refractivity contribution in [3.05, 3.63) is 41.1 Å². The van der Waals surface area contributed by atoms with E-state index in [1.807, 2.05) is 0 Å². The Morgan fingerprint density at radius 2 is 2.32 bits per heavy atom. The third kappa shape index (κ3) is 2.80. The first kappa shape index (κ1) is 12.6. The summed E-state index contributed by atoms with van der Waals surface area (Å²) in [6.07, 6.45) is 5.05. The van der Waals surface area contributed by atoms with E-state index in [9.17, 15) is 4.39 Å². The van der Waals surface area contributed by atoms with Crippen molar-refractivity contribution in [1.29, 1.82) is 0 Å². The summed E-state index contributed by atoms with van der Waals surface area (Å²) >= 11 is 6.04. The first-order valence-electron chi connectivity index (χ1n) is 6.45. The lowest BCUT2D eigenvalue weighted by Gasteiger charge is -2.07. The number of halogens is 2. The first-order valence-corrected chi connectivity index (χ1v) is 6.83. The minimum absolute atomic E-state index is 0.330. The highest BCUT2D eigenvalue weighted by molar-refractivity contribution is 6.33. The third-order valence-corrected chi connectivity index (χ3v) is 3.76. The summed E-state index contributed by atoms with van der Waals surface area (Å²) in [4.78, 5) is 7.63. The van der Waals surface area contributed by atoms with Crippen molar-refractivity contribution >= 4 is 11.6 Å². The van der Waals surface area contributed by atoms with Crippen molar-refractivity contribution in [2.75, 3.05) is 6.54 Å². The molecule has 1 aromatic carbocycles. The first-order chi connectivity index (χ1) is 9.22. The summed E-state index contributed by atoms with van der Waals surface area (Å²) < 4.78 is 13.0.